The monoisotopic (exact) mass is 318 g/mol. The predicted octanol–water partition coefficient (Wildman–Crippen LogP) is 2.16. The molecule has 4 rings (SSSR count). The lowest BCUT2D eigenvalue weighted by atomic mass is 9.75. The summed E-state index contributed by atoms with van der Waals surface area (Å²) in [6.07, 6.45) is 6.68. The number of amides is 1. The van der Waals surface area contributed by atoms with Gasteiger partial charge >= 0.3 is 0 Å². The molecule has 0 radical (unpaired) electrons. The number of aromatic nitrogens is 2. The zero-order valence-corrected chi connectivity index (χ0v) is 14.1. The highest BCUT2D eigenvalue weighted by molar-refractivity contribution is 5.79. The van der Waals surface area contributed by atoms with Gasteiger partial charge in [0, 0.05) is 25.6 Å². The van der Waals surface area contributed by atoms with Crippen molar-refractivity contribution in [3.63, 3.8) is 0 Å². The molecule has 1 aliphatic carbocycles. The Bertz CT molecular complexity index is 587. The molecular weight excluding hydrogens is 292 g/mol. The lowest BCUT2D eigenvalue weighted by molar-refractivity contribution is -0.140. The Labute approximate surface area is 137 Å². The largest absolute Gasteiger partial charge is 0.342 e. The fourth-order valence-electron chi connectivity index (χ4n) is 4.47. The molecule has 1 aromatic heterocycles. The number of carbonyl (C=O) groups is 1. The second-order valence-electron chi connectivity index (χ2n) is 7.77. The molecule has 0 aromatic carbocycles. The molecule has 1 spiro atoms. The van der Waals surface area contributed by atoms with Gasteiger partial charge in [0.05, 0.1) is 6.04 Å². The van der Waals surface area contributed by atoms with Gasteiger partial charge in [-0.05, 0) is 51.5 Å². The third kappa shape index (κ3) is 2.67. The molecule has 3 heterocycles. The van der Waals surface area contributed by atoms with Crippen molar-refractivity contribution in [2.45, 2.75) is 51.5 Å². The highest BCUT2D eigenvalue weighted by Crippen LogP contribution is 2.48. The quantitative estimate of drug-likeness (QED) is 0.836. The molecule has 1 aromatic rings. The van der Waals surface area contributed by atoms with E-state index in [1.165, 1.54) is 6.42 Å². The maximum Gasteiger partial charge on any atom is 0.243 e. The molecule has 1 amide bonds. The summed E-state index contributed by atoms with van der Waals surface area (Å²) in [7, 11) is 2.14. The average molecular weight is 318 g/mol. The summed E-state index contributed by atoms with van der Waals surface area (Å²) in [5.74, 6) is 2.18. The zero-order valence-electron chi connectivity index (χ0n) is 14.1. The van der Waals surface area contributed by atoms with Gasteiger partial charge in [-0.25, -0.2) is 0 Å². The van der Waals surface area contributed by atoms with Crippen LogP contribution in [0.1, 0.15) is 56.3 Å². The van der Waals surface area contributed by atoms with Crippen molar-refractivity contribution < 1.29 is 9.32 Å². The van der Waals surface area contributed by atoms with Crippen LogP contribution < -0.4 is 0 Å². The van der Waals surface area contributed by atoms with E-state index in [0.29, 0.717) is 23.1 Å². The van der Waals surface area contributed by atoms with E-state index in [0.717, 1.165) is 57.6 Å². The van der Waals surface area contributed by atoms with Gasteiger partial charge in [-0.1, -0.05) is 11.6 Å². The maximum atomic E-state index is 12.4. The third-order valence-corrected chi connectivity index (χ3v) is 6.16. The van der Waals surface area contributed by atoms with Crippen LogP contribution >= 0.6 is 0 Å². The first-order chi connectivity index (χ1) is 11.1. The molecule has 0 N–H and O–H groups in total. The number of carbonyl (C=O) groups excluding carboxylic acids is 1. The molecular formula is C17H26N4O2. The van der Waals surface area contributed by atoms with Crippen molar-refractivity contribution >= 4 is 5.91 Å². The Kier molecular flexibility index (Phi) is 3.67. The molecule has 23 heavy (non-hydrogen) atoms. The fraction of sp³-hybridized carbons (Fsp3) is 0.824. The normalized spacial score (nSPS) is 28.3. The van der Waals surface area contributed by atoms with E-state index >= 15 is 0 Å². The summed E-state index contributed by atoms with van der Waals surface area (Å²) in [4.78, 5) is 21.3. The van der Waals surface area contributed by atoms with Gasteiger partial charge in [0.25, 0.3) is 0 Å². The minimum Gasteiger partial charge on any atom is -0.342 e. The number of likely N-dealkylation sites (tertiary alicyclic amines) is 2. The summed E-state index contributed by atoms with van der Waals surface area (Å²) in [6, 6.07) is 0.227. The number of piperidine rings is 1. The van der Waals surface area contributed by atoms with Gasteiger partial charge in [-0.2, -0.15) is 4.98 Å². The van der Waals surface area contributed by atoms with Crippen molar-refractivity contribution in [1.29, 1.82) is 0 Å². The Morgan fingerprint density at radius 2 is 2.04 bits per heavy atom. The fourth-order valence-corrected chi connectivity index (χ4v) is 4.47. The van der Waals surface area contributed by atoms with Crippen molar-refractivity contribution in [1.82, 2.24) is 19.9 Å². The molecule has 126 valence electrons. The lowest BCUT2D eigenvalue weighted by Crippen LogP contribution is -2.47. The van der Waals surface area contributed by atoms with Gasteiger partial charge in [0.2, 0.25) is 11.8 Å². The Morgan fingerprint density at radius 1 is 1.30 bits per heavy atom. The molecule has 2 saturated heterocycles. The number of hydrogen-bond donors (Lipinski definition) is 0. The Morgan fingerprint density at radius 3 is 2.61 bits per heavy atom. The summed E-state index contributed by atoms with van der Waals surface area (Å²) >= 11 is 0. The SMILES string of the molecule is Cc1noc(C2CC3(CCN(C(=O)C4CCC4)CC3)CN2C)n1. The second-order valence-corrected chi connectivity index (χ2v) is 7.77. The van der Waals surface area contributed by atoms with Gasteiger partial charge in [0.15, 0.2) is 5.82 Å². The molecule has 3 aliphatic rings. The first-order valence-electron chi connectivity index (χ1n) is 8.86. The molecule has 6 heteroatoms. The van der Waals surface area contributed by atoms with E-state index in [9.17, 15) is 4.79 Å². The lowest BCUT2D eigenvalue weighted by Gasteiger charge is -2.41. The summed E-state index contributed by atoms with van der Waals surface area (Å²) < 4.78 is 5.40. The average Bonchev–Trinajstić information content (AvgIpc) is 3.02. The first kappa shape index (κ1) is 15.1. The molecule has 1 unspecified atom stereocenters. The van der Waals surface area contributed by atoms with Crippen LogP contribution in [0.25, 0.3) is 0 Å². The topological polar surface area (TPSA) is 62.5 Å². The predicted molar refractivity (Wildman–Crippen MR) is 84.6 cm³/mol. The van der Waals surface area contributed by atoms with Crippen molar-refractivity contribution in [3.05, 3.63) is 11.7 Å². The molecule has 1 atom stereocenters. The van der Waals surface area contributed by atoms with Gasteiger partial charge in [-0.15, -0.1) is 0 Å². The summed E-state index contributed by atoms with van der Waals surface area (Å²) in [5.41, 5.74) is 0.304. The second kappa shape index (κ2) is 5.58. The minimum atomic E-state index is 0.227. The molecule has 1 saturated carbocycles. The third-order valence-electron chi connectivity index (χ3n) is 6.16. The molecule has 2 aliphatic heterocycles. The van der Waals surface area contributed by atoms with Crippen LogP contribution in [0.15, 0.2) is 4.52 Å². The van der Waals surface area contributed by atoms with Crippen molar-refractivity contribution in [3.8, 4) is 0 Å². The van der Waals surface area contributed by atoms with E-state index in [1.54, 1.807) is 0 Å². The first-order valence-corrected chi connectivity index (χ1v) is 8.86. The van der Waals surface area contributed by atoms with Crippen LogP contribution in [0.5, 0.6) is 0 Å². The van der Waals surface area contributed by atoms with Crippen LogP contribution in [-0.2, 0) is 4.79 Å². The van der Waals surface area contributed by atoms with E-state index in [1.807, 2.05) is 6.92 Å². The van der Waals surface area contributed by atoms with E-state index < -0.39 is 0 Å². The zero-order chi connectivity index (χ0) is 16.0. The smallest absolute Gasteiger partial charge is 0.243 e. The number of aryl methyl sites for hydroxylation is 1. The van der Waals surface area contributed by atoms with Crippen LogP contribution in [-0.4, -0.2) is 52.5 Å². The summed E-state index contributed by atoms with van der Waals surface area (Å²) in [5, 5.41) is 3.93. The van der Waals surface area contributed by atoms with Crippen LogP contribution in [0.4, 0.5) is 0 Å². The Balaban J connectivity index is 1.40. The van der Waals surface area contributed by atoms with Gasteiger partial charge in [0.1, 0.15) is 0 Å². The van der Waals surface area contributed by atoms with Crippen molar-refractivity contribution in [2.24, 2.45) is 11.3 Å². The van der Waals surface area contributed by atoms with E-state index in [4.69, 9.17) is 4.52 Å². The van der Waals surface area contributed by atoms with Crippen LogP contribution in [0.2, 0.25) is 0 Å². The number of nitrogens with zero attached hydrogens (tertiary/aromatic N) is 4. The highest BCUT2D eigenvalue weighted by Gasteiger charge is 2.47. The molecule has 3 fully saturated rings. The Hall–Kier alpha value is -1.43. The highest BCUT2D eigenvalue weighted by atomic mass is 16.5. The van der Waals surface area contributed by atoms with Crippen LogP contribution in [0, 0.1) is 18.3 Å². The van der Waals surface area contributed by atoms with Crippen LogP contribution in [0.3, 0.4) is 0 Å². The standard InChI is InChI=1S/C17H26N4O2/c1-12-18-15(23-19-12)14-10-17(11-20(14)2)6-8-21(9-7-17)16(22)13-4-3-5-13/h13-14H,3-11H2,1-2H3. The minimum absolute atomic E-state index is 0.227. The summed E-state index contributed by atoms with van der Waals surface area (Å²) in [6.45, 7) is 4.75. The van der Waals surface area contributed by atoms with E-state index in [2.05, 4.69) is 27.0 Å². The van der Waals surface area contributed by atoms with E-state index in [-0.39, 0.29) is 6.04 Å². The molecule has 0 bridgehead atoms. The van der Waals surface area contributed by atoms with Crippen molar-refractivity contribution in [2.75, 3.05) is 26.7 Å². The van der Waals surface area contributed by atoms with Gasteiger partial charge < -0.3 is 9.42 Å². The van der Waals surface area contributed by atoms with Gasteiger partial charge in [-0.3, -0.25) is 9.69 Å². The molecule has 6 nitrogen and oxygen atoms in total. The maximum absolute atomic E-state index is 12.4. The number of hydrogen-bond acceptors (Lipinski definition) is 5. The number of rotatable bonds is 2.